The highest BCUT2D eigenvalue weighted by atomic mass is 32.2. The van der Waals surface area contributed by atoms with Gasteiger partial charge in [-0.2, -0.15) is 11.8 Å². The molecule has 6 heteroatoms. The molecule has 0 aromatic carbocycles. The van der Waals surface area contributed by atoms with Gasteiger partial charge in [-0.3, -0.25) is 0 Å². The van der Waals surface area contributed by atoms with E-state index in [9.17, 15) is 9.59 Å². The Kier molecular flexibility index (Phi) is 6.65. The molecule has 5 nitrogen and oxygen atoms in total. The van der Waals surface area contributed by atoms with Crippen molar-refractivity contribution < 1.29 is 14.7 Å². The average molecular weight is 302 g/mol. The van der Waals surface area contributed by atoms with Crippen molar-refractivity contribution in [2.75, 3.05) is 12.8 Å². The van der Waals surface area contributed by atoms with Gasteiger partial charge in [-0.05, 0) is 25.0 Å². The zero-order valence-electron chi connectivity index (χ0n) is 12.6. The fraction of sp³-hybridized carbons (Fsp3) is 0.857. The van der Waals surface area contributed by atoms with Gasteiger partial charge in [-0.25, -0.2) is 9.59 Å². The molecular weight excluding hydrogens is 276 g/mol. The smallest absolute Gasteiger partial charge is 0.326 e. The van der Waals surface area contributed by atoms with Crippen LogP contribution in [0.25, 0.3) is 0 Å². The summed E-state index contributed by atoms with van der Waals surface area (Å²) in [5.41, 5.74) is 0. The number of hydrogen-bond acceptors (Lipinski definition) is 3. The molecule has 0 spiro atoms. The van der Waals surface area contributed by atoms with Crippen molar-refractivity contribution in [3.63, 3.8) is 0 Å². The third-order valence-electron chi connectivity index (χ3n) is 3.99. The van der Waals surface area contributed by atoms with Crippen LogP contribution in [0.15, 0.2) is 0 Å². The molecule has 0 bridgehead atoms. The summed E-state index contributed by atoms with van der Waals surface area (Å²) in [6.07, 6.45) is 7.98. The molecule has 1 aliphatic carbocycles. The molecule has 1 saturated carbocycles. The van der Waals surface area contributed by atoms with Crippen molar-refractivity contribution in [3.8, 4) is 0 Å². The first-order chi connectivity index (χ1) is 9.40. The Balaban J connectivity index is 2.47. The van der Waals surface area contributed by atoms with Crippen molar-refractivity contribution in [2.24, 2.45) is 5.92 Å². The molecule has 1 fully saturated rings. The standard InChI is InChI=1S/C14H26N2O3S/c1-10(2)11(12(17)18)16-13(19)15-9-14(20-3)7-5-4-6-8-14/h10-11H,4-9H2,1-3H3,(H,17,18)(H2,15,16,19)/t11-/m0/s1. The molecule has 0 aromatic rings. The van der Waals surface area contributed by atoms with Crippen LogP contribution in [0.2, 0.25) is 0 Å². The number of aliphatic carboxylic acids is 1. The van der Waals surface area contributed by atoms with E-state index in [2.05, 4.69) is 16.9 Å². The zero-order chi connectivity index (χ0) is 15.2. The lowest BCUT2D eigenvalue weighted by molar-refractivity contribution is -0.140. The highest BCUT2D eigenvalue weighted by Gasteiger charge is 2.32. The molecule has 0 heterocycles. The summed E-state index contributed by atoms with van der Waals surface area (Å²) in [5.74, 6) is -1.13. The van der Waals surface area contributed by atoms with Crippen LogP contribution in [0.3, 0.4) is 0 Å². The Labute approximate surface area is 125 Å². The minimum Gasteiger partial charge on any atom is -0.480 e. The topological polar surface area (TPSA) is 78.4 Å². The van der Waals surface area contributed by atoms with E-state index in [0.29, 0.717) is 6.54 Å². The lowest BCUT2D eigenvalue weighted by Crippen LogP contribution is -2.51. The molecule has 116 valence electrons. The van der Waals surface area contributed by atoms with Crippen LogP contribution in [0.1, 0.15) is 46.0 Å². The second-order valence-electron chi connectivity index (χ2n) is 5.83. The summed E-state index contributed by atoms with van der Waals surface area (Å²) >= 11 is 1.81. The second-order valence-corrected chi connectivity index (χ2v) is 7.11. The maximum atomic E-state index is 11.9. The van der Waals surface area contributed by atoms with E-state index in [4.69, 9.17) is 5.11 Å². The fourth-order valence-corrected chi connectivity index (χ4v) is 3.51. The number of rotatable bonds is 6. The van der Waals surface area contributed by atoms with Crippen LogP contribution in [-0.2, 0) is 4.79 Å². The SMILES string of the molecule is CSC1(CNC(=O)N[C@H](C(=O)O)C(C)C)CCCCC1. The van der Waals surface area contributed by atoms with E-state index in [1.807, 2.05) is 11.8 Å². The van der Waals surface area contributed by atoms with Gasteiger partial charge in [0.1, 0.15) is 6.04 Å². The molecule has 1 aliphatic rings. The van der Waals surface area contributed by atoms with Crippen LogP contribution < -0.4 is 10.6 Å². The molecule has 0 unspecified atom stereocenters. The molecule has 1 rings (SSSR count). The molecule has 2 amide bonds. The number of carboxylic acid groups (broad SMARTS) is 1. The first kappa shape index (κ1) is 17.1. The second kappa shape index (κ2) is 7.76. The van der Waals surface area contributed by atoms with E-state index in [1.54, 1.807) is 13.8 Å². The van der Waals surface area contributed by atoms with Crippen molar-refractivity contribution in [1.29, 1.82) is 0 Å². The van der Waals surface area contributed by atoms with Crippen molar-refractivity contribution in [1.82, 2.24) is 10.6 Å². The number of thioether (sulfide) groups is 1. The van der Waals surface area contributed by atoms with Crippen LogP contribution in [0.5, 0.6) is 0 Å². The zero-order valence-corrected chi connectivity index (χ0v) is 13.4. The molecule has 3 N–H and O–H groups in total. The van der Waals surface area contributed by atoms with Gasteiger partial charge in [0.05, 0.1) is 0 Å². The van der Waals surface area contributed by atoms with E-state index in [1.165, 1.54) is 19.3 Å². The summed E-state index contributed by atoms with van der Waals surface area (Å²) in [7, 11) is 0. The van der Waals surface area contributed by atoms with Gasteiger partial charge in [-0.15, -0.1) is 0 Å². The summed E-state index contributed by atoms with van der Waals surface area (Å²) in [6.45, 7) is 4.16. The van der Waals surface area contributed by atoms with Gasteiger partial charge in [0, 0.05) is 11.3 Å². The van der Waals surface area contributed by atoms with Crippen LogP contribution in [-0.4, -0.2) is 40.7 Å². The third-order valence-corrected chi connectivity index (χ3v) is 5.41. The largest absolute Gasteiger partial charge is 0.480 e. The van der Waals surface area contributed by atoms with E-state index in [-0.39, 0.29) is 16.7 Å². The molecule has 1 atom stereocenters. The van der Waals surface area contributed by atoms with Crippen molar-refractivity contribution >= 4 is 23.8 Å². The quantitative estimate of drug-likeness (QED) is 0.704. The summed E-state index contributed by atoms with van der Waals surface area (Å²) in [4.78, 5) is 22.9. The number of amides is 2. The van der Waals surface area contributed by atoms with Gasteiger partial charge in [0.25, 0.3) is 0 Å². The maximum absolute atomic E-state index is 11.9. The monoisotopic (exact) mass is 302 g/mol. The molecule has 0 aliphatic heterocycles. The molecule has 0 aromatic heterocycles. The van der Waals surface area contributed by atoms with E-state index < -0.39 is 12.0 Å². The minimum absolute atomic E-state index is 0.117. The maximum Gasteiger partial charge on any atom is 0.326 e. The summed E-state index contributed by atoms with van der Waals surface area (Å²) in [5, 5.41) is 14.4. The number of carboxylic acids is 1. The van der Waals surface area contributed by atoms with Gasteiger partial charge >= 0.3 is 12.0 Å². The number of urea groups is 1. The average Bonchev–Trinajstić information content (AvgIpc) is 2.43. The Morgan fingerprint density at radius 1 is 1.25 bits per heavy atom. The van der Waals surface area contributed by atoms with Crippen LogP contribution in [0, 0.1) is 5.92 Å². The lowest BCUT2D eigenvalue weighted by atomic mass is 9.88. The highest BCUT2D eigenvalue weighted by Crippen LogP contribution is 2.37. The first-order valence-corrected chi connectivity index (χ1v) is 8.45. The summed E-state index contributed by atoms with van der Waals surface area (Å²) < 4.78 is 0.117. The lowest BCUT2D eigenvalue weighted by Gasteiger charge is -2.36. The fourth-order valence-electron chi connectivity index (χ4n) is 2.60. The number of carbonyl (C=O) groups is 2. The van der Waals surface area contributed by atoms with Crippen molar-refractivity contribution in [2.45, 2.75) is 56.7 Å². The third kappa shape index (κ3) is 4.89. The molecule has 20 heavy (non-hydrogen) atoms. The first-order valence-electron chi connectivity index (χ1n) is 7.22. The number of nitrogens with one attached hydrogen (secondary N) is 2. The van der Waals surface area contributed by atoms with Gasteiger partial charge in [0.2, 0.25) is 0 Å². The van der Waals surface area contributed by atoms with Gasteiger partial charge in [-0.1, -0.05) is 33.1 Å². The minimum atomic E-state index is -0.993. The van der Waals surface area contributed by atoms with Gasteiger partial charge in [0.15, 0.2) is 0 Å². The van der Waals surface area contributed by atoms with Gasteiger partial charge < -0.3 is 15.7 Å². The van der Waals surface area contributed by atoms with Crippen LogP contribution >= 0.6 is 11.8 Å². The normalized spacial score (nSPS) is 19.4. The van der Waals surface area contributed by atoms with Crippen LogP contribution in [0.4, 0.5) is 4.79 Å². The molecule has 0 radical (unpaired) electrons. The molecule has 0 saturated heterocycles. The summed E-state index contributed by atoms with van der Waals surface area (Å²) in [6, 6.07) is -1.23. The predicted octanol–water partition coefficient (Wildman–Crippen LogP) is 2.46. The Morgan fingerprint density at radius 3 is 2.30 bits per heavy atom. The highest BCUT2D eigenvalue weighted by molar-refractivity contribution is 8.00. The Bertz CT molecular complexity index is 341. The Hall–Kier alpha value is -0.910. The predicted molar refractivity (Wildman–Crippen MR) is 82.1 cm³/mol. The Morgan fingerprint density at radius 2 is 1.85 bits per heavy atom. The van der Waals surface area contributed by atoms with Crippen molar-refractivity contribution in [3.05, 3.63) is 0 Å². The molecular formula is C14H26N2O3S. The number of carbonyl (C=O) groups excluding carboxylic acids is 1. The van der Waals surface area contributed by atoms with E-state index in [0.717, 1.165) is 12.8 Å². The van der Waals surface area contributed by atoms with E-state index >= 15 is 0 Å². The number of hydrogen-bond donors (Lipinski definition) is 3.